The Morgan fingerprint density at radius 1 is 1.35 bits per heavy atom. The van der Waals surface area contributed by atoms with Gasteiger partial charge < -0.3 is 10.4 Å². The van der Waals surface area contributed by atoms with Crippen LogP contribution in [0.1, 0.15) is 30.0 Å². The maximum absolute atomic E-state index is 9.59. The van der Waals surface area contributed by atoms with Gasteiger partial charge in [0, 0.05) is 10.7 Å². The molecule has 0 aliphatic heterocycles. The van der Waals surface area contributed by atoms with Crippen molar-refractivity contribution in [1.29, 1.82) is 0 Å². The molecule has 104 valence electrons. The van der Waals surface area contributed by atoms with Crippen molar-refractivity contribution in [1.82, 2.24) is 4.98 Å². The number of nitrogens with one attached hydrogen (secondary N) is 1. The van der Waals surface area contributed by atoms with Gasteiger partial charge in [0.2, 0.25) is 0 Å². The second-order valence-corrected chi connectivity index (χ2v) is 6.24. The van der Waals surface area contributed by atoms with Gasteiger partial charge in [0.1, 0.15) is 5.75 Å². The smallest absolute Gasteiger partial charge is 0.152 e. The first kappa shape index (κ1) is 13.7. The van der Waals surface area contributed by atoms with Gasteiger partial charge in [-0.2, -0.15) is 0 Å². The number of phenolic OH excluding ortho intramolecular Hbond substituents is 1. The number of halogens is 2. The number of rotatable bonds is 2. The normalized spacial score (nSPS) is 17.6. The largest absolute Gasteiger partial charge is 0.508 e. The number of nitrogens with zero attached hydrogens (tertiary/aromatic N) is 1. The molecule has 2 N–H and O–H groups in total. The summed E-state index contributed by atoms with van der Waals surface area (Å²) in [6.07, 6.45) is 4.82. The van der Waals surface area contributed by atoms with Gasteiger partial charge >= 0.3 is 0 Å². The van der Waals surface area contributed by atoms with Crippen LogP contribution in [0.4, 0.5) is 5.69 Å². The lowest BCUT2D eigenvalue weighted by atomic mass is 9.87. The van der Waals surface area contributed by atoms with E-state index in [0.29, 0.717) is 10.9 Å². The quantitative estimate of drug-likeness (QED) is 0.770. The van der Waals surface area contributed by atoms with E-state index in [1.54, 1.807) is 12.3 Å². The van der Waals surface area contributed by atoms with Crippen LogP contribution in [0.3, 0.4) is 0 Å². The molecule has 1 aliphatic rings. The predicted octanol–water partition coefficient (Wildman–Crippen LogP) is 4.69. The summed E-state index contributed by atoms with van der Waals surface area (Å²) in [6, 6.07) is 7.71. The van der Waals surface area contributed by atoms with Crippen LogP contribution in [0.5, 0.6) is 5.75 Å². The first-order valence-electron chi connectivity index (χ1n) is 6.53. The SMILES string of the molecule is Oc1ccc2c(c1)CCCC2Nc1cc(Br)cnc1Cl. The van der Waals surface area contributed by atoms with Crippen molar-refractivity contribution in [2.75, 3.05) is 5.32 Å². The highest BCUT2D eigenvalue weighted by molar-refractivity contribution is 9.10. The number of aromatic hydroxyl groups is 1. The molecular formula is C15H14BrClN2O. The zero-order valence-corrected chi connectivity index (χ0v) is 13.1. The molecule has 0 saturated carbocycles. The lowest BCUT2D eigenvalue weighted by Gasteiger charge is -2.27. The van der Waals surface area contributed by atoms with Crippen molar-refractivity contribution in [3.63, 3.8) is 0 Å². The Kier molecular flexibility index (Phi) is 3.85. The zero-order valence-electron chi connectivity index (χ0n) is 10.7. The van der Waals surface area contributed by atoms with Crippen molar-refractivity contribution in [2.45, 2.75) is 25.3 Å². The highest BCUT2D eigenvalue weighted by Gasteiger charge is 2.21. The topological polar surface area (TPSA) is 45.1 Å². The lowest BCUT2D eigenvalue weighted by Crippen LogP contribution is -2.17. The second kappa shape index (κ2) is 5.62. The fourth-order valence-corrected chi connectivity index (χ4v) is 3.15. The molecular weight excluding hydrogens is 340 g/mol. The Morgan fingerprint density at radius 2 is 2.20 bits per heavy atom. The first-order valence-corrected chi connectivity index (χ1v) is 7.70. The molecule has 0 saturated heterocycles. The molecule has 0 fully saturated rings. The molecule has 1 aromatic heterocycles. The molecule has 1 aliphatic carbocycles. The maximum Gasteiger partial charge on any atom is 0.152 e. The molecule has 0 amide bonds. The summed E-state index contributed by atoms with van der Waals surface area (Å²) in [5, 5.41) is 13.5. The van der Waals surface area contributed by atoms with Crippen LogP contribution in [0.2, 0.25) is 5.15 Å². The van der Waals surface area contributed by atoms with Gasteiger partial charge in [-0.1, -0.05) is 17.7 Å². The minimum Gasteiger partial charge on any atom is -0.508 e. The van der Waals surface area contributed by atoms with Gasteiger partial charge in [-0.05, 0) is 64.5 Å². The predicted molar refractivity (Wildman–Crippen MR) is 84.4 cm³/mol. The van der Waals surface area contributed by atoms with Crippen LogP contribution in [-0.4, -0.2) is 10.1 Å². The van der Waals surface area contributed by atoms with Crippen LogP contribution in [0, 0.1) is 0 Å². The van der Waals surface area contributed by atoms with Crippen molar-refractivity contribution in [2.24, 2.45) is 0 Å². The zero-order chi connectivity index (χ0) is 14.1. The number of fused-ring (bicyclic) bond motifs is 1. The number of aromatic nitrogens is 1. The third-order valence-electron chi connectivity index (χ3n) is 3.58. The van der Waals surface area contributed by atoms with Gasteiger partial charge in [-0.15, -0.1) is 0 Å². The van der Waals surface area contributed by atoms with Gasteiger partial charge in [-0.3, -0.25) is 0 Å². The molecule has 1 aromatic carbocycles. The molecule has 0 radical (unpaired) electrons. The number of phenols is 1. The van der Waals surface area contributed by atoms with Crippen molar-refractivity contribution < 1.29 is 5.11 Å². The summed E-state index contributed by atoms with van der Waals surface area (Å²) >= 11 is 9.54. The average Bonchev–Trinajstić information content (AvgIpc) is 2.43. The van der Waals surface area contributed by atoms with Gasteiger partial charge in [-0.25, -0.2) is 4.98 Å². The molecule has 3 nitrogen and oxygen atoms in total. The highest BCUT2D eigenvalue weighted by atomic mass is 79.9. The minimum atomic E-state index is 0.202. The molecule has 20 heavy (non-hydrogen) atoms. The summed E-state index contributed by atoms with van der Waals surface area (Å²) < 4.78 is 0.895. The lowest BCUT2D eigenvalue weighted by molar-refractivity contribution is 0.472. The van der Waals surface area contributed by atoms with E-state index in [1.165, 1.54) is 11.1 Å². The van der Waals surface area contributed by atoms with Crippen LogP contribution < -0.4 is 5.32 Å². The van der Waals surface area contributed by atoms with E-state index in [0.717, 1.165) is 29.4 Å². The van der Waals surface area contributed by atoms with Crippen molar-refractivity contribution >= 4 is 33.2 Å². The molecule has 5 heteroatoms. The van der Waals surface area contributed by atoms with Crippen LogP contribution in [0.15, 0.2) is 34.9 Å². The number of pyridine rings is 1. The molecule has 2 aromatic rings. The van der Waals surface area contributed by atoms with Crippen molar-refractivity contribution in [3.05, 3.63) is 51.2 Å². The van der Waals surface area contributed by atoms with E-state index in [4.69, 9.17) is 11.6 Å². The van der Waals surface area contributed by atoms with E-state index in [-0.39, 0.29) is 6.04 Å². The summed E-state index contributed by atoms with van der Waals surface area (Å²) in [4.78, 5) is 4.13. The Balaban J connectivity index is 1.91. The van der Waals surface area contributed by atoms with Crippen LogP contribution in [-0.2, 0) is 6.42 Å². The van der Waals surface area contributed by atoms with Crippen molar-refractivity contribution in [3.8, 4) is 5.75 Å². The number of hydrogen-bond acceptors (Lipinski definition) is 3. The molecule has 1 atom stereocenters. The Hall–Kier alpha value is -1.26. The van der Waals surface area contributed by atoms with Crippen LogP contribution in [0.25, 0.3) is 0 Å². The Bertz CT molecular complexity index is 648. The fraction of sp³-hybridized carbons (Fsp3) is 0.267. The monoisotopic (exact) mass is 352 g/mol. The van der Waals surface area contributed by atoms with Crippen LogP contribution >= 0.6 is 27.5 Å². The van der Waals surface area contributed by atoms with E-state index >= 15 is 0 Å². The standard InChI is InChI=1S/C15H14BrClN2O/c16-10-7-14(15(17)18-8-10)19-13-3-1-2-9-6-11(20)4-5-12(9)13/h4-8,13,19-20H,1-3H2. The minimum absolute atomic E-state index is 0.202. The van der Waals surface area contributed by atoms with E-state index in [2.05, 4.69) is 26.2 Å². The summed E-state index contributed by atoms with van der Waals surface area (Å²) in [6.45, 7) is 0. The number of hydrogen-bond donors (Lipinski definition) is 2. The van der Waals surface area contributed by atoms with Gasteiger partial charge in [0.25, 0.3) is 0 Å². The summed E-state index contributed by atoms with van der Waals surface area (Å²) in [5.74, 6) is 0.326. The third kappa shape index (κ3) is 2.76. The van der Waals surface area contributed by atoms with E-state index in [1.807, 2.05) is 18.2 Å². The molecule has 0 spiro atoms. The number of anilines is 1. The second-order valence-electron chi connectivity index (χ2n) is 4.96. The number of benzene rings is 1. The third-order valence-corrected chi connectivity index (χ3v) is 4.31. The first-order chi connectivity index (χ1) is 9.63. The average molecular weight is 354 g/mol. The molecule has 0 bridgehead atoms. The maximum atomic E-state index is 9.59. The van der Waals surface area contributed by atoms with E-state index < -0.39 is 0 Å². The fourth-order valence-electron chi connectivity index (χ4n) is 2.66. The van der Waals surface area contributed by atoms with Gasteiger partial charge in [0.05, 0.1) is 11.7 Å². The Morgan fingerprint density at radius 3 is 3.05 bits per heavy atom. The number of aryl methyl sites for hydroxylation is 1. The highest BCUT2D eigenvalue weighted by Crippen LogP contribution is 2.36. The summed E-state index contributed by atoms with van der Waals surface area (Å²) in [5.41, 5.74) is 3.25. The molecule has 1 unspecified atom stereocenters. The van der Waals surface area contributed by atoms with Gasteiger partial charge in [0.15, 0.2) is 5.15 Å². The van der Waals surface area contributed by atoms with E-state index in [9.17, 15) is 5.11 Å². The molecule has 3 rings (SSSR count). The molecule has 1 heterocycles. The summed E-state index contributed by atoms with van der Waals surface area (Å²) in [7, 11) is 0. The Labute approximate surface area is 131 Å².